The second kappa shape index (κ2) is 8.31. The van der Waals surface area contributed by atoms with Gasteiger partial charge in [-0.15, -0.1) is 0 Å². The van der Waals surface area contributed by atoms with Crippen LogP contribution in [0.15, 0.2) is 90.8 Å². The first kappa shape index (κ1) is 20.6. The van der Waals surface area contributed by atoms with E-state index in [4.69, 9.17) is 9.47 Å². The van der Waals surface area contributed by atoms with Gasteiger partial charge in [-0.1, -0.05) is 60.7 Å². The molecule has 1 aromatic heterocycles. The fraction of sp³-hybridized carbons (Fsp3) is 0.111. The topological polar surface area (TPSA) is 60.8 Å². The Morgan fingerprint density at radius 1 is 0.818 bits per heavy atom. The largest absolute Gasteiger partial charge is 0.466 e. The molecular formula is C27H22N2O4. The first-order valence-corrected chi connectivity index (χ1v) is 10.5. The van der Waals surface area contributed by atoms with E-state index in [1.54, 1.807) is 4.90 Å². The second-order valence-electron chi connectivity index (χ2n) is 7.67. The van der Waals surface area contributed by atoms with E-state index in [1.165, 1.54) is 20.3 Å². The minimum Gasteiger partial charge on any atom is -0.466 e. The molecule has 1 unspecified atom stereocenters. The van der Waals surface area contributed by atoms with Crippen molar-refractivity contribution in [3.63, 3.8) is 0 Å². The zero-order chi connectivity index (χ0) is 22.9. The molecule has 1 atom stereocenters. The molecule has 0 aliphatic carbocycles. The van der Waals surface area contributed by atoms with Gasteiger partial charge in [-0.05, 0) is 23.8 Å². The molecule has 5 rings (SSSR count). The maximum Gasteiger partial charge on any atom is 0.355 e. The number of rotatable bonds is 4. The molecule has 4 aromatic rings. The number of nitrogens with zero attached hydrogens (tertiary/aromatic N) is 2. The Kier molecular flexibility index (Phi) is 5.18. The maximum atomic E-state index is 12.8. The minimum atomic E-state index is -0.636. The zero-order valence-corrected chi connectivity index (χ0v) is 18.3. The van der Waals surface area contributed by atoms with E-state index in [0.29, 0.717) is 0 Å². The summed E-state index contributed by atoms with van der Waals surface area (Å²) in [6.07, 6.45) is 4.46. The average Bonchev–Trinajstić information content (AvgIpc) is 3.20. The van der Waals surface area contributed by atoms with Crippen molar-refractivity contribution >= 4 is 39.8 Å². The van der Waals surface area contributed by atoms with E-state index < -0.39 is 18.1 Å². The monoisotopic (exact) mass is 438 g/mol. The highest BCUT2D eigenvalue weighted by Gasteiger charge is 2.33. The van der Waals surface area contributed by atoms with Crippen LogP contribution < -0.4 is 0 Å². The summed E-state index contributed by atoms with van der Waals surface area (Å²) in [5.41, 5.74) is 4.14. The fourth-order valence-electron chi connectivity index (χ4n) is 4.50. The standard InChI is InChI=1S/C27H22N2O4/c1-32-25(30)17-24(27(31)33-2)28-16-15-18-9-3-4-10-19(18)26(28)29-22-13-7-5-11-20(22)21-12-6-8-14-23(21)29/h3-17,26H,1-2H3/b24-17+. The summed E-state index contributed by atoms with van der Waals surface area (Å²) in [4.78, 5) is 26.8. The van der Waals surface area contributed by atoms with Gasteiger partial charge in [0.1, 0.15) is 11.9 Å². The lowest BCUT2D eigenvalue weighted by atomic mass is 9.99. The highest BCUT2D eigenvalue weighted by Crippen LogP contribution is 2.40. The van der Waals surface area contributed by atoms with Gasteiger partial charge in [0.25, 0.3) is 0 Å². The van der Waals surface area contributed by atoms with Crippen LogP contribution >= 0.6 is 0 Å². The normalized spacial score (nSPS) is 15.5. The third kappa shape index (κ3) is 3.36. The average molecular weight is 438 g/mol. The molecule has 0 fully saturated rings. The van der Waals surface area contributed by atoms with Crippen LogP contribution in [0, 0.1) is 0 Å². The number of benzene rings is 3. The van der Waals surface area contributed by atoms with Crippen LogP contribution in [-0.2, 0) is 19.1 Å². The van der Waals surface area contributed by atoms with Crippen molar-refractivity contribution in [1.29, 1.82) is 0 Å². The Hall–Kier alpha value is -4.32. The maximum absolute atomic E-state index is 12.8. The van der Waals surface area contributed by atoms with Gasteiger partial charge in [-0.2, -0.15) is 0 Å². The summed E-state index contributed by atoms with van der Waals surface area (Å²) >= 11 is 0. The van der Waals surface area contributed by atoms with Crippen molar-refractivity contribution in [2.45, 2.75) is 6.17 Å². The molecule has 6 heteroatoms. The molecule has 3 aromatic carbocycles. The molecular weight excluding hydrogens is 416 g/mol. The lowest BCUT2D eigenvalue weighted by Gasteiger charge is -2.37. The number of carbonyl (C=O) groups is 2. The molecule has 1 aliphatic heterocycles. The molecule has 1 aliphatic rings. The van der Waals surface area contributed by atoms with E-state index in [2.05, 4.69) is 28.8 Å². The Labute approximate surface area is 190 Å². The molecule has 0 N–H and O–H groups in total. The third-order valence-corrected chi connectivity index (χ3v) is 5.94. The van der Waals surface area contributed by atoms with Gasteiger partial charge >= 0.3 is 11.9 Å². The summed E-state index contributed by atoms with van der Waals surface area (Å²) in [6.45, 7) is 0. The van der Waals surface area contributed by atoms with E-state index in [-0.39, 0.29) is 5.70 Å². The number of hydrogen-bond acceptors (Lipinski definition) is 5. The lowest BCUT2D eigenvalue weighted by Crippen LogP contribution is -2.35. The Bertz CT molecular complexity index is 1390. The van der Waals surface area contributed by atoms with Gasteiger partial charge in [0, 0.05) is 22.5 Å². The quantitative estimate of drug-likeness (QED) is 0.337. The van der Waals surface area contributed by atoms with E-state index >= 15 is 0 Å². The van der Waals surface area contributed by atoms with Crippen LogP contribution in [0.3, 0.4) is 0 Å². The van der Waals surface area contributed by atoms with Crippen LogP contribution in [-0.4, -0.2) is 35.6 Å². The van der Waals surface area contributed by atoms with Crippen molar-refractivity contribution < 1.29 is 19.1 Å². The number of ether oxygens (including phenoxy) is 2. The highest BCUT2D eigenvalue weighted by atomic mass is 16.5. The first-order chi connectivity index (χ1) is 16.1. The van der Waals surface area contributed by atoms with Gasteiger partial charge in [0.05, 0.1) is 31.3 Å². The molecule has 0 saturated heterocycles. The second-order valence-corrected chi connectivity index (χ2v) is 7.67. The van der Waals surface area contributed by atoms with Gasteiger partial charge in [0.15, 0.2) is 0 Å². The molecule has 2 heterocycles. The molecule has 6 nitrogen and oxygen atoms in total. The summed E-state index contributed by atoms with van der Waals surface area (Å²) < 4.78 is 12.1. The van der Waals surface area contributed by atoms with Crippen LogP contribution in [0.4, 0.5) is 0 Å². The van der Waals surface area contributed by atoms with Crippen molar-refractivity contribution in [3.05, 3.63) is 102 Å². The number of aromatic nitrogens is 1. The van der Waals surface area contributed by atoms with E-state index in [0.717, 1.165) is 32.9 Å². The Balaban J connectivity index is 1.84. The lowest BCUT2D eigenvalue weighted by molar-refractivity contribution is -0.140. The van der Waals surface area contributed by atoms with E-state index in [9.17, 15) is 9.59 Å². The highest BCUT2D eigenvalue weighted by molar-refractivity contribution is 6.08. The smallest absolute Gasteiger partial charge is 0.355 e. The summed E-state index contributed by atoms with van der Waals surface area (Å²) in [6, 6.07) is 24.4. The number of methoxy groups -OCH3 is 2. The fourth-order valence-corrected chi connectivity index (χ4v) is 4.50. The van der Waals surface area contributed by atoms with Gasteiger partial charge in [-0.25, -0.2) is 9.59 Å². The number of esters is 2. The van der Waals surface area contributed by atoms with Crippen LogP contribution in [0.1, 0.15) is 17.3 Å². The molecule has 0 spiro atoms. The number of para-hydroxylation sites is 2. The van der Waals surface area contributed by atoms with Crippen LogP contribution in [0.2, 0.25) is 0 Å². The number of hydrogen-bond donors (Lipinski definition) is 0. The van der Waals surface area contributed by atoms with Gasteiger partial charge in [-0.3, -0.25) is 0 Å². The molecule has 0 bridgehead atoms. The first-order valence-electron chi connectivity index (χ1n) is 10.5. The zero-order valence-electron chi connectivity index (χ0n) is 18.3. The van der Waals surface area contributed by atoms with Crippen molar-refractivity contribution in [1.82, 2.24) is 9.47 Å². The van der Waals surface area contributed by atoms with Gasteiger partial charge in [0.2, 0.25) is 0 Å². The summed E-state index contributed by atoms with van der Waals surface area (Å²) in [5.74, 6) is -1.26. The molecule has 0 amide bonds. The molecule has 164 valence electrons. The van der Waals surface area contributed by atoms with Crippen molar-refractivity contribution in [2.75, 3.05) is 14.2 Å². The number of fused-ring (bicyclic) bond motifs is 4. The molecule has 33 heavy (non-hydrogen) atoms. The van der Waals surface area contributed by atoms with E-state index in [1.807, 2.05) is 60.8 Å². The van der Waals surface area contributed by atoms with Crippen molar-refractivity contribution in [2.24, 2.45) is 0 Å². The molecule has 0 saturated carbocycles. The Morgan fingerprint density at radius 2 is 1.42 bits per heavy atom. The predicted molar refractivity (Wildman–Crippen MR) is 127 cm³/mol. The minimum absolute atomic E-state index is 0.0852. The SMILES string of the molecule is COC(=O)/C=C(\C(=O)OC)N1C=Cc2ccccc2C1n1c2ccccc2c2ccccc21. The van der Waals surface area contributed by atoms with Crippen molar-refractivity contribution in [3.8, 4) is 0 Å². The summed E-state index contributed by atoms with van der Waals surface area (Å²) in [5, 5.41) is 2.22. The van der Waals surface area contributed by atoms with Gasteiger partial charge < -0.3 is 18.9 Å². The number of carbonyl (C=O) groups excluding carboxylic acids is 2. The molecule has 0 radical (unpaired) electrons. The van der Waals surface area contributed by atoms with Crippen LogP contribution in [0.5, 0.6) is 0 Å². The Morgan fingerprint density at radius 3 is 2.06 bits per heavy atom. The summed E-state index contributed by atoms with van der Waals surface area (Å²) in [7, 11) is 2.57. The predicted octanol–water partition coefficient (Wildman–Crippen LogP) is 4.86. The third-order valence-electron chi connectivity index (χ3n) is 5.94. The van der Waals surface area contributed by atoms with Crippen LogP contribution in [0.25, 0.3) is 27.9 Å².